The van der Waals surface area contributed by atoms with Crippen molar-refractivity contribution in [1.82, 2.24) is 14.7 Å². The monoisotopic (exact) mass is 465 g/mol. The molecule has 1 amide bonds. The van der Waals surface area contributed by atoms with Gasteiger partial charge in [-0.2, -0.15) is 0 Å². The SMILES string of the molecule is CCc1cc2c(s1)CCOC21CCN(CC2CN(C(=O)CN3CCS(=O)CC3)C2)CC1. The first-order valence-electron chi connectivity index (χ1n) is 11.9. The Morgan fingerprint density at radius 1 is 1.19 bits per heavy atom. The fraction of sp³-hybridized carbons (Fsp3) is 0.783. The van der Waals surface area contributed by atoms with Crippen LogP contribution in [0.3, 0.4) is 0 Å². The third kappa shape index (κ3) is 4.64. The van der Waals surface area contributed by atoms with E-state index < -0.39 is 10.8 Å². The van der Waals surface area contributed by atoms with Gasteiger partial charge in [0.1, 0.15) is 0 Å². The van der Waals surface area contributed by atoms with E-state index >= 15 is 0 Å². The number of carbonyl (C=O) groups excluding carboxylic acids is 1. The largest absolute Gasteiger partial charge is 0.370 e. The Hall–Kier alpha value is -0.800. The molecule has 8 heteroatoms. The molecule has 0 N–H and O–H groups in total. The van der Waals surface area contributed by atoms with Crippen molar-refractivity contribution in [2.75, 3.05) is 70.5 Å². The quantitative estimate of drug-likeness (QED) is 0.663. The predicted octanol–water partition coefficient (Wildman–Crippen LogP) is 1.70. The van der Waals surface area contributed by atoms with Crippen LogP contribution in [0.1, 0.15) is 35.1 Å². The summed E-state index contributed by atoms with van der Waals surface area (Å²) in [6.07, 6.45) is 4.37. The van der Waals surface area contributed by atoms with Gasteiger partial charge in [0.15, 0.2) is 0 Å². The van der Waals surface area contributed by atoms with E-state index in [9.17, 15) is 9.00 Å². The van der Waals surface area contributed by atoms with E-state index in [-0.39, 0.29) is 11.5 Å². The molecule has 0 saturated carbocycles. The zero-order chi connectivity index (χ0) is 21.4. The van der Waals surface area contributed by atoms with Crippen LogP contribution in [0.4, 0.5) is 0 Å². The number of hydrogen-bond acceptors (Lipinski definition) is 6. The summed E-state index contributed by atoms with van der Waals surface area (Å²) < 4.78 is 17.9. The first kappa shape index (κ1) is 22.0. The highest BCUT2D eigenvalue weighted by Crippen LogP contribution is 2.44. The normalized spacial score (nSPS) is 25.5. The zero-order valence-electron chi connectivity index (χ0n) is 18.6. The molecule has 3 fully saturated rings. The lowest BCUT2D eigenvalue weighted by Crippen LogP contribution is -2.57. The molecule has 6 nitrogen and oxygen atoms in total. The van der Waals surface area contributed by atoms with Crippen LogP contribution in [0.25, 0.3) is 0 Å². The summed E-state index contributed by atoms with van der Waals surface area (Å²) in [5.41, 5.74) is 1.44. The van der Waals surface area contributed by atoms with Crippen LogP contribution in [0.5, 0.6) is 0 Å². The van der Waals surface area contributed by atoms with Gasteiger partial charge in [-0.25, -0.2) is 0 Å². The van der Waals surface area contributed by atoms with Gasteiger partial charge >= 0.3 is 0 Å². The summed E-state index contributed by atoms with van der Waals surface area (Å²) in [6.45, 7) is 10.2. The smallest absolute Gasteiger partial charge is 0.236 e. The van der Waals surface area contributed by atoms with Crippen LogP contribution in [0.2, 0.25) is 0 Å². The first-order chi connectivity index (χ1) is 15.0. The van der Waals surface area contributed by atoms with Gasteiger partial charge in [0, 0.05) is 90.2 Å². The lowest BCUT2D eigenvalue weighted by Gasteiger charge is -2.47. The van der Waals surface area contributed by atoms with Crippen LogP contribution in [-0.2, 0) is 38.8 Å². The summed E-state index contributed by atoms with van der Waals surface area (Å²) in [5, 5.41) is 0. The number of carbonyl (C=O) groups is 1. The molecule has 4 aliphatic rings. The van der Waals surface area contributed by atoms with Gasteiger partial charge in [0.05, 0.1) is 18.8 Å². The van der Waals surface area contributed by atoms with Gasteiger partial charge < -0.3 is 14.5 Å². The topological polar surface area (TPSA) is 53.1 Å². The molecule has 4 aliphatic heterocycles. The van der Waals surface area contributed by atoms with Crippen molar-refractivity contribution < 1.29 is 13.7 Å². The highest BCUT2D eigenvalue weighted by Gasteiger charge is 2.42. The highest BCUT2D eigenvalue weighted by molar-refractivity contribution is 7.85. The molecule has 1 aromatic heterocycles. The van der Waals surface area contributed by atoms with Crippen molar-refractivity contribution in [2.45, 2.75) is 38.2 Å². The number of ether oxygens (including phenoxy) is 1. The fourth-order valence-corrected chi connectivity index (χ4v) is 7.84. The van der Waals surface area contributed by atoms with Gasteiger partial charge in [-0.15, -0.1) is 11.3 Å². The van der Waals surface area contributed by atoms with E-state index in [1.165, 1.54) is 10.4 Å². The van der Waals surface area contributed by atoms with Gasteiger partial charge in [-0.1, -0.05) is 6.92 Å². The molecule has 172 valence electrons. The number of likely N-dealkylation sites (tertiary alicyclic amines) is 2. The Labute approximate surface area is 192 Å². The van der Waals surface area contributed by atoms with Crippen LogP contribution in [0.15, 0.2) is 6.07 Å². The van der Waals surface area contributed by atoms with Gasteiger partial charge in [-0.3, -0.25) is 13.9 Å². The maximum absolute atomic E-state index is 12.5. The van der Waals surface area contributed by atoms with Crippen molar-refractivity contribution in [3.05, 3.63) is 21.4 Å². The number of fused-ring (bicyclic) bond motifs is 2. The minimum atomic E-state index is -0.681. The van der Waals surface area contributed by atoms with Crippen molar-refractivity contribution in [2.24, 2.45) is 5.92 Å². The second kappa shape index (κ2) is 9.21. The lowest BCUT2D eigenvalue weighted by atomic mass is 9.82. The number of thiophene rings is 1. The fourth-order valence-electron chi connectivity index (χ4n) is 5.54. The third-order valence-electron chi connectivity index (χ3n) is 7.53. The third-order valence-corrected chi connectivity index (χ3v) is 10.1. The maximum Gasteiger partial charge on any atom is 0.236 e. The molecule has 0 aromatic carbocycles. The van der Waals surface area contributed by atoms with Crippen LogP contribution >= 0.6 is 11.3 Å². The Bertz CT molecular complexity index is 818. The van der Waals surface area contributed by atoms with Gasteiger partial charge in [-0.05, 0) is 30.9 Å². The minimum absolute atomic E-state index is 0.0479. The van der Waals surface area contributed by atoms with Crippen LogP contribution in [0, 0.1) is 5.92 Å². The number of nitrogens with zero attached hydrogens (tertiary/aromatic N) is 3. The standard InChI is InChI=1S/C23H35N3O3S2/c1-2-19-13-20-21(30-19)3-10-29-23(20)4-6-24(7-5-23)14-18-15-26(16-18)22(27)17-25-8-11-31(28)12-9-25/h13,18H,2-12,14-17H2,1H3. The molecule has 3 saturated heterocycles. The van der Waals surface area contributed by atoms with E-state index in [1.54, 1.807) is 4.88 Å². The van der Waals surface area contributed by atoms with E-state index in [2.05, 4.69) is 22.8 Å². The Morgan fingerprint density at radius 2 is 1.94 bits per heavy atom. The van der Waals surface area contributed by atoms with Gasteiger partial charge in [0.25, 0.3) is 0 Å². The van der Waals surface area contributed by atoms with E-state index in [0.717, 1.165) is 78.1 Å². The average Bonchev–Trinajstić information content (AvgIpc) is 3.18. The molecule has 1 aromatic rings. The van der Waals surface area contributed by atoms with Crippen LogP contribution < -0.4 is 0 Å². The molecule has 0 bridgehead atoms. The average molecular weight is 466 g/mol. The summed E-state index contributed by atoms with van der Waals surface area (Å²) in [6, 6.07) is 2.42. The lowest BCUT2D eigenvalue weighted by molar-refractivity contribution is -0.139. The molecule has 0 radical (unpaired) electrons. The van der Waals surface area contributed by atoms with Crippen molar-refractivity contribution in [3.63, 3.8) is 0 Å². The summed E-state index contributed by atoms with van der Waals surface area (Å²) in [5.74, 6) is 2.27. The van der Waals surface area contributed by atoms with Crippen molar-refractivity contribution in [1.29, 1.82) is 0 Å². The molecule has 0 atom stereocenters. The zero-order valence-corrected chi connectivity index (χ0v) is 20.3. The summed E-state index contributed by atoms with van der Waals surface area (Å²) in [7, 11) is -0.681. The molecule has 1 spiro atoms. The highest BCUT2D eigenvalue weighted by atomic mass is 32.2. The summed E-state index contributed by atoms with van der Waals surface area (Å²) in [4.78, 5) is 22.3. The summed E-state index contributed by atoms with van der Waals surface area (Å²) >= 11 is 1.99. The molecule has 5 heterocycles. The predicted molar refractivity (Wildman–Crippen MR) is 125 cm³/mol. The molecule has 5 rings (SSSR count). The van der Waals surface area contributed by atoms with E-state index in [0.29, 0.717) is 24.0 Å². The van der Waals surface area contributed by atoms with E-state index in [1.807, 2.05) is 16.2 Å². The second-order valence-electron chi connectivity index (χ2n) is 9.59. The minimum Gasteiger partial charge on any atom is -0.370 e. The van der Waals surface area contributed by atoms with Crippen molar-refractivity contribution in [3.8, 4) is 0 Å². The first-order valence-corrected chi connectivity index (χ1v) is 14.2. The number of amides is 1. The number of hydrogen-bond donors (Lipinski definition) is 0. The van der Waals surface area contributed by atoms with E-state index in [4.69, 9.17) is 4.74 Å². The molecular weight excluding hydrogens is 430 g/mol. The second-order valence-corrected chi connectivity index (χ2v) is 12.5. The van der Waals surface area contributed by atoms with Gasteiger partial charge in [0.2, 0.25) is 5.91 Å². The van der Waals surface area contributed by atoms with Crippen molar-refractivity contribution >= 4 is 28.0 Å². The Morgan fingerprint density at radius 3 is 2.65 bits per heavy atom. The van der Waals surface area contributed by atoms with Crippen LogP contribution in [-0.4, -0.2) is 95.3 Å². The molecular formula is C23H35N3O3S2. The number of aryl methyl sites for hydroxylation is 1. The molecule has 31 heavy (non-hydrogen) atoms. The number of piperidine rings is 1. The molecule has 0 aliphatic carbocycles. The number of rotatable bonds is 5. The molecule has 0 unspecified atom stereocenters. The maximum atomic E-state index is 12.5. The Kier molecular flexibility index (Phi) is 6.54. The Balaban J connectivity index is 1.07.